The molecule has 13 heteroatoms. The molecule has 6 rings (SSSR count). The number of alkyl halides is 3. The van der Waals surface area contributed by atoms with E-state index in [0.29, 0.717) is 36.3 Å². The van der Waals surface area contributed by atoms with Gasteiger partial charge in [0.25, 0.3) is 0 Å². The number of carbonyl (C=O) groups is 1. The molecule has 0 amide bonds. The molecule has 0 radical (unpaired) electrons. The number of carboxylic acid groups (broad SMARTS) is 1. The van der Waals surface area contributed by atoms with Crippen molar-refractivity contribution < 1.29 is 50.1 Å². The van der Waals surface area contributed by atoms with Gasteiger partial charge in [-0.2, -0.15) is 17.5 Å². The Balaban J connectivity index is 1.27. The summed E-state index contributed by atoms with van der Waals surface area (Å²) in [6.45, 7) is 0.718. The van der Waals surface area contributed by atoms with Gasteiger partial charge in [0, 0.05) is 29.7 Å². The smallest absolute Gasteiger partial charge is 0.417 e. The van der Waals surface area contributed by atoms with Crippen molar-refractivity contribution >= 4 is 16.0 Å². The number of halogens is 4. The minimum Gasteiger partial charge on any atom is -0.492 e. The van der Waals surface area contributed by atoms with Crippen molar-refractivity contribution in [1.82, 2.24) is 4.31 Å². The second-order valence-corrected chi connectivity index (χ2v) is 13.3. The Bertz CT molecular complexity index is 1710. The largest absolute Gasteiger partial charge is 0.492 e. The fourth-order valence-corrected chi connectivity index (χ4v) is 7.15. The van der Waals surface area contributed by atoms with Crippen molar-refractivity contribution in [2.75, 3.05) is 26.0 Å². The second kappa shape index (κ2) is 11.3. The lowest BCUT2D eigenvalue weighted by molar-refractivity contribution is -0.138. The van der Waals surface area contributed by atoms with Gasteiger partial charge in [0.15, 0.2) is 0 Å². The number of ether oxygens (including phenoxy) is 3. The molecule has 3 aromatic carbocycles. The summed E-state index contributed by atoms with van der Waals surface area (Å²) in [6, 6.07) is 11.5. The van der Waals surface area contributed by atoms with Crippen LogP contribution in [0.5, 0.6) is 17.2 Å². The zero-order valence-corrected chi connectivity index (χ0v) is 24.4. The zero-order chi connectivity index (χ0) is 31.4. The zero-order valence-electron chi connectivity index (χ0n) is 23.6. The molecule has 44 heavy (non-hydrogen) atoms. The molecule has 0 saturated carbocycles. The molecule has 1 aliphatic carbocycles. The van der Waals surface area contributed by atoms with Crippen LogP contribution in [0, 0.1) is 5.82 Å². The first kappa shape index (κ1) is 30.2. The fourth-order valence-electron chi connectivity index (χ4n) is 6.28. The van der Waals surface area contributed by atoms with Crippen LogP contribution in [-0.2, 0) is 27.4 Å². The Morgan fingerprint density at radius 1 is 1.07 bits per heavy atom. The van der Waals surface area contributed by atoms with Crippen molar-refractivity contribution in [2.24, 2.45) is 0 Å². The Labute approximate surface area is 251 Å². The van der Waals surface area contributed by atoms with Crippen molar-refractivity contribution in [3.05, 3.63) is 76.6 Å². The standard InChI is InChI=1S/C31H29F4NO7S/c1-44(39,40)36-11-10-21(15-36)42-19-4-2-17(3-5-19)29-23-8-9-26(30(23)25(32)14-24(29)31(33,34)35)43-20-6-7-22-18(12-28(37)38)16-41-27(22)13-20/h2-7,13-14,18,21,26H,8-12,15-16H2,1H3,(H,37,38)/t18-,21+,26-/m1/s1. The van der Waals surface area contributed by atoms with E-state index in [0.717, 1.165) is 11.8 Å². The number of sulfonamides is 1. The number of hydrogen-bond acceptors (Lipinski definition) is 6. The minimum absolute atomic E-state index is 0.0605. The maximum absolute atomic E-state index is 15.4. The highest BCUT2D eigenvalue weighted by Gasteiger charge is 2.40. The molecule has 2 aliphatic heterocycles. The monoisotopic (exact) mass is 635 g/mol. The Kier molecular flexibility index (Phi) is 7.73. The van der Waals surface area contributed by atoms with Crippen LogP contribution in [0.4, 0.5) is 17.6 Å². The lowest BCUT2D eigenvalue weighted by atomic mass is 9.91. The summed E-state index contributed by atoms with van der Waals surface area (Å²) in [5, 5.41) is 9.13. The first-order valence-electron chi connectivity index (χ1n) is 14.1. The van der Waals surface area contributed by atoms with Crippen LogP contribution in [0.3, 0.4) is 0 Å². The van der Waals surface area contributed by atoms with E-state index in [2.05, 4.69) is 0 Å². The number of fused-ring (bicyclic) bond motifs is 2. The molecule has 3 atom stereocenters. The molecule has 3 aliphatic rings. The molecule has 1 saturated heterocycles. The summed E-state index contributed by atoms with van der Waals surface area (Å²) in [6.07, 6.45) is -4.13. The van der Waals surface area contributed by atoms with Gasteiger partial charge < -0.3 is 19.3 Å². The van der Waals surface area contributed by atoms with Crippen LogP contribution in [-0.4, -0.2) is 55.9 Å². The summed E-state index contributed by atoms with van der Waals surface area (Å²) in [5.41, 5.74) is 0.0338. The van der Waals surface area contributed by atoms with Crippen molar-refractivity contribution in [3.8, 4) is 28.4 Å². The van der Waals surface area contributed by atoms with Gasteiger partial charge in [-0.3, -0.25) is 4.79 Å². The quantitative estimate of drug-likeness (QED) is 0.306. The van der Waals surface area contributed by atoms with Crippen molar-refractivity contribution in [3.63, 3.8) is 0 Å². The summed E-state index contributed by atoms with van der Waals surface area (Å²) < 4.78 is 101. The van der Waals surface area contributed by atoms with E-state index in [-0.39, 0.29) is 66.7 Å². The molecule has 3 aromatic rings. The van der Waals surface area contributed by atoms with Gasteiger partial charge >= 0.3 is 12.1 Å². The van der Waals surface area contributed by atoms with E-state index in [9.17, 15) is 26.4 Å². The topological polar surface area (TPSA) is 102 Å². The highest BCUT2D eigenvalue weighted by Crippen LogP contribution is 2.48. The number of rotatable bonds is 8. The van der Waals surface area contributed by atoms with Gasteiger partial charge in [0.1, 0.15) is 35.3 Å². The van der Waals surface area contributed by atoms with Crippen molar-refractivity contribution in [1.29, 1.82) is 0 Å². The Hall–Kier alpha value is -3.84. The first-order chi connectivity index (χ1) is 20.8. The van der Waals surface area contributed by atoms with Gasteiger partial charge in [-0.05, 0) is 60.2 Å². The van der Waals surface area contributed by atoms with Crippen LogP contribution < -0.4 is 14.2 Å². The van der Waals surface area contributed by atoms with E-state index < -0.39 is 39.7 Å². The van der Waals surface area contributed by atoms with Crippen molar-refractivity contribution in [2.45, 2.75) is 50.0 Å². The molecule has 0 aromatic heterocycles. The van der Waals surface area contributed by atoms with Crippen LogP contribution in [0.2, 0.25) is 0 Å². The van der Waals surface area contributed by atoms with Gasteiger partial charge in [-0.25, -0.2) is 12.8 Å². The van der Waals surface area contributed by atoms with Gasteiger partial charge in [-0.15, -0.1) is 0 Å². The third kappa shape index (κ3) is 5.94. The van der Waals surface area contributed by atoms with Gasteiger partial charge in [-0.1, -0.05) is 18.2 Å². The Morgan fingerprint density at radius 2 is 1.80 bits per heavy atom. The molecule has 1 fully saturated rings. The molecule has 0 bridgehead atoms. The van der Waals surface area contributed by atoms with E-state index in [4.69, 9.17) is 19.3 Å². The minimum atomic E-state index is -4.82. The number of benzene rings is 3. The average molecular weight is 636 g/mol. The third-order valence-electron chi connectivity index (χ3n) is 8.30. The van der Waals surface area contributed by atoms with Crippen LogP contribution in [0.1, 0.15) is 53.5 Å². The van der Waals surface area contributed by atoms with E-state index >= 15 is 4.39 Å². The van der Waals surface area contributed by atoms with E-state index in [1.54, 1.807) is 18.2 Å². The highest BCUT2D eigenvalue weighted by molar-refractivity contribution is 7.88. The second-order valence-electron chi connectivity index (χ2n) is 11.3. The molecular weight excluding hydrogens is 606 g/mol. The molecule has 8 nitrogen and oxygen atoms in total. The number of nitrogens with zero attached hydrogens (tertiary/aromatic N) is 1. The summed E-state index contributed by atoms with van der Waals surface area (Å²) in [4.78, 5) is 11.1. The normalized spacial score (nSPS) is 21.5. The van der Waals surface area contributed by atoms with Crippen LogP contribution in [0.15, 0.2) is 48.5 Å². The number of carboxylic acids is 1. The van der Waals surface area contributed by atoms with E-state index in [1.807, 2.05) is 0 Å². The first-order valence-corrected chi connectivity index (χ1v) is 15.9. The lowest BCUT2D eigenvalue weighted by Gasteiger charge is -2.21. The summed E-state index contributed by atoms with van der Waals surface area (Å²) in [5.74, 6) is -1.08. The lowest BCUT2D eigenvalue weighted by Crippen LogP contribution is -2.29. The molecule has 2 heterocycles. The molecule has 234 valence electrons. The van der Waals surface area contributed by atoms with E-state index in [1.165, 1.54) is 28.6 Å². The highest BCUT2D eigenvalue weighted by atomic mass is 32.2. The number of aliphatic carboxylic acids is 1. The number of hydrogen-bond donors (Lipinski definition) is 1. The molecule has 0 spiro atoms. The maximum atomic E-state index is 15.4. The van der Waals surface area contributed by atoms with Gasteiger partial charge in [0.2, 0.25) is 10.0 Å². The predicted octanol–water partition coefficient (Wildman–Crippen LogP) is 5.94. The van der Waals surface area contributed by atoms with Gasteiger partial charge in [0.05, 0.1) is 31.4 Å². The maximum Gasteiger partial charge on any atom is 0.417 e. The average Bonchev–Trinajstić information content (AvgIpc) is 3.68. The van der Waals surface area contributed by atoms with Crippen LogP contribution in [0.25, 0.3) is 11.1 Å². The fraction of sp³-hybridized carbons (Fsp3) is 0.387. The molecular formula is C31H29F4NO7S. The Morgan fingerprint density at radius 3 is 2.45 bits per heavy atom. The predicted molar refractivity (Wildman–Crippen MR) is 151 cm³/mol. The molecule has 0 unspecified atom stereocenters. The SMILES string of the molecule is CS(=O)(=O)N1CC[C@H](Oc2ccc(-c3c(C(F)(F)F)cc(F)c4c3CC[C@H]4Oc3ccc4c(c3)OC[C@H]4CC(=O)O)cc2)C1. The summed E-state index contributed by atoms with van der Waals surface area (Å²) in [7, 11) is -3.35. The van der Waals surface area contributed by atoms with Crippen LogP contribution >= 0.6 is 0 Å². The third-order valence-corrected chi connectivity index (χ3v) is 9.56. The molecule has 1 N–H and O–H groups in total. The summed E-state index contributed by atoms with van der Waals surface area (Å²) >= 11 is 0.